The van der Waals surface area contributed by atoms with Gasteiger partial charge in [-0.05, 0) is 39.2 Å². The van der Waals surface area contributed by atoms with Gasteiger partial charge >= 0.3 is 0 Å². The monoisotopic (exact) mass is 543 g/mol. The first-order chi connectivity index (χ1) is 18.2. The summed E-state index contributed by atoms with van der Waals surface area (Å²) in [6.07, 6.45) is 6.63. The van der Waals surface area contributed by atoms with Crippen molar-refractivity contribution in [3.8, 4) is 0 Å². The van der Waals surface area contributed by atoms with E-state index in [0.717, 1.165) is 59.4 Å². The summed E-state index contributed by atoms with van der Waals surface area (Å²) in [5.74, 6) is -0.499. The molecule has 1 atom stereocenters. The van der Waals surface area contributed by atoms with Crippen molar-refractivity contribution in [1.82, 2.24) is 19.7 Å². The van der Waals surface area contributed by atoms with Gasteiger partial charge in [0.15, 0.2) is 0 Å². The number of carbonyl (C=O) groups is 3. The van der Waals surface area contributed by atoms with Crippen molar-refractivity contribution >= 4 is 45.0 Å². The van der Waals surface area contributed by atoms with E-state index in [1.165, 1.54) is 19.8 Å². The van der Waals surface area contributed by atoms with E-state index in [9.17, 15) is 14.4 Å². The van der Waals surface area contributed by atoms with E-state index in [1.54, 1.807) is 16.2 Å². The molecule has 1 aliphatic carbocycles. The van der Waals surface area contributed by atoms with Crippen molar-refractivity contribution in [3.63, 3.8) is 0 Å². The molecule has 0 spiro atoms. The molecule has 3 aliphatic rings. The molecule has 1 saturated carbocycles. The van der Waals surface area contributed by atoms with Crippen LogP contribution in [0.25, 0.3) is 10.2 Å². The molecule has 3 amide bonds. The highest BCUT2D eigenvalue weighted by molar-refractivity contribution is 7.19. The molecular formula is C28H41N5O4S. The zero-order chi connectivity index (χ0) is 27.0. The lowest BCUT2D eigenvalue weighted by molar-refractivity contribution is -0.133. The first-order valence-corrected chi connectivity index (χ1v) is 14.8. The van der Waals surface area contributed by atoms with Gasteiger partial charge in [-0.3, -0.25) is 19.3 Å². The molecule has 0 aromatic carbocycles. The molecule has 2 aromatic rings. The number of anilines is 1. The average Bonchev–Trinajstić information content (AvgIpc) is 3.18. The lowest BCUT2D eigenvalue weighted by Crippen LogP contribution is -2.66. The van der Waals surface area contributed by atoms with Crippen LogP contribution in [0.3, 0.4) is 0 Å². The van der Waals surface area contributed by atoms with E-state index >= 15 is 0 Å². The number of aryl methyl sites for hydroxylation is 2. The number of ether oxygens (including phenoxy) is 1. The van der Waals surface area contributed by atoms with Gasteiger partial charge in [0, 0.05) is 49.4 Å². The first-order valence-electron chi connectivity index (χ1n) is 14.0. The quantitative estimate of drug-likeness (QED) is 0.542. The zero-order valence-corrected chi connectivity index (χ0v) is 24.0. The third-order valence-electron chi connectivity index (χ3n) is 8.60. The number of morpholine rings is 1. The molecule has 2 aliphatic heterocycles. The number of amides is 3. The van der Waals surface area contributed by atoms with Crippen LogP contribution in [0.4, 0.5) is 5.69 Å². The Morgan fingerprint density at radius 2 is 1.76 bits per heavy atom. The number of aromatic nitrogens is 1. The second-order valence-corrected chi connectivity index (χ2v) is 12.5. The minimum Gasteiger partial charge on any atom is -0.379 e. The summed E-state index contributed by atoms with van der Waals surface area (Å²) in [6.45, 7) is 11.9. The minimum absolute atomic E-state index is 0.0849. The van der Waals surface area contributed by atoms with Gasteiger partial charge in [0.05, 0.1) is 25.4 Å². The molecule has 10 heteroatoms. The molecule has 2 N–H and O–H groups in total. The van der Waals surface area contributed by atoms with E-state index in [4.69, 9.17) is 4.74 Å². The second kappa shape index (κ2) is 11.0. The van der Waals surface area contributed by atoms with Crippen LogP contribution in [0, 0.1) is 13.8 Å². The Hall–Kier alpha value is -2.43. The van der Waals surface area contributed by atoms with Gasteiger partial charge in [0.1, 0.15) is 16.1 Å². The highest BCUT2D eigenvalue weighted by Gasteiger charge is 2.49. The first kappa shape index (κ1) is 27.1. The number of rotatable bonds is 6. The lowest BCUT2D eigenvalue weighted by Gasteiger charge is -2.45. The van der Waals surface area contributed by atoms with Crippen molar-refractivity contribution in [2.75, 3.05) is 44.7 Å². The van der Waals surface area contributed by atoms with Gasteiger partial charge in [-0.1, -0.05) is 25.7 Å². The normalized spacial score (nSPS) is 23.4. The van der Waals surface area contributed by atoms with E-state index in [0.29, 0.717) is 44.2 Å². The molecule has 2 fully saturated rings. The number of hydrogen-bond acceptors (Lipinski definition) is 6. The van der Waals surface area contributed by atoms with Crippen LogP contribution in [0.2, 0.25) is 0 Å². The highest BCUT2D eigenvalue weighted by atomic mass is 32.1. The number of thiophene rings is 1. The average molecular weight is 544 g/mol. The van der Waals surface area contributed by atoms with E-state index in [1.807, 2.05) is 18.4 Å². The predicted octanol–water partition coefficient (Wildman–Crippen LogP) is 3.66. The molecule has 4 heterocycles. The highest BCUT2D eigenvalue weighted by Crippen LogP contribution is 2.44. The third kappa shape index (κ3) is 4.98. The predicted molar refractivity (Wildman–Crippen MR) is 150 cm³/mol. The fourth-order valence-corrected chi connectivity index (χ4v) is 7.41. The fraction of sp³-hybridized carbons (Fsp3) is 0.679. The topological polar surface area (TPSA) is 95.9 Å². The zero-order valence-electron chi connectivity index (χ0n) is 23.2. The lowest BCUT2D eigenvalue weighted by atomic mass is 9.93. The van der Waals surface area contributed by atoms with Crippen LogP contribution in [-0.4, -0.2) is 83.1 Å². The Kier molecular flexibility index (Phi) is 7.84. The molecule has 38 heavy (non-hydrogen) atoms. The van der Waals surface area contributed by atoms with Crippen molar-refractivity contribution in [3.05, 3.63) is 16.1 Å². The molecular weight excluding hydrogens is 502 g/mol. The van der Waals surface area contributed by atoms with Gasteiger partial charge < -0.3 is 24.8 Å². The summed E-state index contributed by atoms with van der Waals surface area (Å²) < 4.78 is 7.49. The van der Waals surface area contributed by atoms with Gasteiger partial charge in [-0.2, -0.15) is 0 Å². The SMILES string of the molecule is CC(=O)Nc1c2n(c3sc(C)c(C)c13)C[C@@](C)(C(=O)NC1CCCCCC1)N(CCN1CCOCC1)C2=O. The maximum atomic E-state index is 14.4. The Morgan fingerprint density at radius 1 is 1.08 bits per heavy atom. The van der Waals surface area contributed by atoms with Crippen LogP contribution >= 0.6 is 11.3 Å². The number of hydrogen-bond donors (Lipinski definition) is 2. The molecule has 0 unspecified atom stereocenters. The molecule has 0 radical (unpaired) electrons. The summed E-state index contributed by atoms with van der Waals surface area (Å²) >= 11 is 1.62. The Labute approximate surface area is 228 Å². The molecule has 5 rings (SSSR count). The second-order valence-electron chi connectivity index (χ2n) is 11.3. The van der Waals surface area contributed by atoms with Crippen LogP contribution in [0.1, 0.15) is 73.3 Å². The summed E-state index contributed by atoms with van der Waals surface area (Å²) in [7, 11) is 0. The summed E-state index contributed by atoms with van der Waals surface area (Å²) in [5.41, 5.74) is 1.06. The van der Waals surface area contributed by atoms with Crippen molar-refractivity contribution in [2.45, 2.75) is 84.3 Å². The molecule has 1 saturated heterocycles. The standard InChI is InChI=1S/C28H41N5O4S/c1-18-19(2)38-26-22(18)23(29-20(3)34)24-25(35)33(12-11-31-13-15-37-16-14-31)28(4,17-32(24)26)27(36)30-21-9-7-5-6-8-10-21/h21H,5-17H2,1-4H3,(H,29,34)(H,30,36)/t28-/m0/s1. The maximum absolute atomic E-state index is 14.4. The van der Waals surface area contributed by atoms with E-state index < -0.39 is 5.54 Å². The third-order valence-corrected chi connectivity index (χ3v) is 9.83. The summed E-state index contributed by atoms with van der Waals surface area (Å²) in [6, 6.07) is 0.144. The van der Waals surface area contributed by atoms with Crippen LogP contribution < -0.4 is 10.6 Å². The number of carbonyl (C=O) groups excluding carboxylic acids is 3. The smallest absolute Gasteiger partial charge is 0.273 e. The Morgan fingerprint density at radius 3 is 2.42 bits per heavy atom. The molecule has 2 aromatic heterocycles. The number of nitrogens with one attached hydrogen (secondary N) is 2. The fourth-order valence-electron chi connectivity index (χ4n) is 6.24. The minimum atomic E-state index is -1.05. The Balaban J connectivity index is 1.55. The van der Waals surface area contributed by atoms with Crippen LogP contribution in [0.15, 0.2) is 0 Å². The van der Waals surface area contributed by atoms with Crippen molar-refractivity contribution in [1.29, 1.82) is 0 Å². The number of nitrogens with zero attached hydrogens (tertiary/aromatic N) is 3. The maximum Gasteiger partial charge on any atom is 0.273 e. The largest absolute Gasteiger partial charge is 0.379 e. The van der Waals surface area contributed by atoms with Gasteiger partial charge in [-0.15, -0.1) is 11.3 Å². The van der Waals surface area contributed by atoms with Gasteiger partial charge in [-0.25, -0.2) is 0 Å². The van der Waals surface area contributed by atoms with Gasteiger partial charge in [0.25, 0.3) is 5.91 Å². The van der Waals surface area contributed by atoms with Crippen molar-refractivity contribution < 1.29 is 19.1 Å². The summed E-state index contributed by atoms with van der Waals surface area (Å²) in [5, 5.41) is 7.22. The molecule has 9 nitrogen and oxygen atoms in total. The van der Waals surface area contributed by atoms with E-state index in [-0.39, 0.29) is 23.8 Å². The number of fused-ring (bicyclic) bond motifs is 3. The Bertz CT molecular complexity index is 1220. The van der Waals surface area contributed by atoms with Gasteiger partial charge in [0.2, 0.25) is 11.8 Å². The molecule has 208 valence electrons. The van der Waals surface area contributed by atoms with Crippen LogP contribution in [-0.2, 0) is 20.9 Å². The van der Waals surface area contributed by atoms with Crippen LogP contribution in [0.5, 0.6) is 0 Å². The van der Waals surface area contributed by atoms with Crippen molar-refractivity contribution in [2.24, 2.45) is 0 Å². The van der Waals surface area contributed by atoms with E-state index in [2.05, 4.69) is 22.5 Å². The summed E-state index contributed by atoms with van der Waals surface area (Å²) in [4.78, 5) is 46.8. The molecule has 0 bridgehead atoms.